The van der Waals surface area contributed by atoms with Crippen molar-refractivity contribution in [2.75, 3.05) is 19.6 Å². The van der Waals surface area contributed by atoms with Crippen LogP contribution in [0.25, 0.3) is 33.1 Å². The van der Waals surface area contributed by atoms with E-state index in [2.05, 4.69) is 79.0 Å². The molecule has 0 atom stereocenters. The Balaban J connectivity index is 1.57. The van der Waals surface area contributed by atoms with E-state index in [9.17, 15) is 5.26 Å². The first-order chi connectivity index (χ1) is 16.4. The molecule has 0 unspecified atom stereocenters. The van der Waals surface area contributed by atoms with Crippen molar-refractivity contribution >= 4 is 21.9 Å². The molecule has 0 aliphatic carbocycles. The van der Waals surface area contributed by atoms with Crippen molar-refractivity contribution in [1.82, 2.24) is 19.9 Å². The van der Waals surface area contributed by atoms with E-state index in [1.807, 2.05) is 6.20 Å². The first-order valence-corrected chi connectivity index (χ1v) is 12.1. The van der Waals surface area contributed by atoms with Gasteiger partial charge in [-0.05, 0) is 42.0 Å². The molecule has 6 nitrogen and oxygen atoms in total. The highest BCUT2D eigenvalue weighted by atomic mass is 16.5. The van der Waals surface area contributed by atoms with Gasteiger partial charge in [0, 0.05) is 30.2 Å². The fraction of sp³-hybridized carbons (Fsp3) is 0.393. The maximum absolute atomic E-state index is 9.79. The van der Waals surface area contributed by atoms with Gasteiger partial charge in [0.1, 0.15) is 17.8 Å². The van der Waals surface area contributed by atoms with E-state index in [4.69, 9.17) is 9.72 Å². The number of nitrogens with one attached hydrogen (secondary N) is 1. The summed E-state index contributed by atoms with van der Waals surface area (Å²) in [6, 6.07) is 13.1. The zero-order chi connectivity index (χ0) is 23.9. The summed E-state index contributed by atoms with van der Waals surface area (Å²) in [7, 11) is 0. The van der Waals surface area contributed by atoms with Gasteiger partial charge in [0.05, 0.1) is 17.1 Å². The largest absolute Gasteiger partial charge is 0.487 e. The number of likely N-dealkylation sites (tertiary alicyclic amines) is 1. The van der Waals surface area contributed by atoms with Crippen LogP contribution >= 0.6 is 0 Å². The molecule has 1 aliphatic rings. The molecular weight excluding hydrogens is 422 g/mol. The van der Waals surface area contributed by atoms with Crippen LogP contribution in [-0.4, -0.2) is 45.6 Å². The van der Waals surface area contributed by atoms with E-state index in [0.29, 0.717) is 11.4 Å². The second-order valence-corrected chi connectivity index (χ2v) is 10.2. The van der Waals surface area contributed by atoms with Gasteiger partial charge in [0.2, 0.25) is 0 Å². The van der Waals surface area contributed by atoms with Gasteiger partial charge in [-0.2, -0.15) is 5.26 Å². The Hall–Kier alpha value is -3.43. The summed E-state index contributed by atoms with van der Waals surface area (Å²) in [4.78, 5) is 14.9. The number of nitriles is 1. The molecule has 6 heteroatoms. The number of fused-ring (bicyclic) bond motifs is 3. The lowest BCUT2D eigenvalue weighted by molar-refractivity contribution is 0.104. The number of piperidine rings is 1. The van der Waals surface area contributed by atoms with Crippen LogP contribution in [0.2, 0.25) is 0 Å². The minimum Gasteiger partial charge on any atom is -0.487 e. The van der Waals surface area contributed by atoms with Crippen LogP contribution in [0, 0.1) is 11.3 Å². The highest BCUT2D eigenvalue weighted by Crippen LogP contribution is 2.37. The summed E-state index contributed by atoms with van der Waals surface area (Å²) in [6.45, 7) is 11.9. The third kappa shape index (κ3) is 4.12. The molecule has 1 saturated heterocycles. The number of hydrogen-bond acceptors (Lipinski definition) is 5. The third-order valence-corrected chi connectivity index (χ3v) is 6.90. The van der Waals surface area contributed by atoms with Crippen LogP contribution in [0.3, 0.4) is 0 Å². The predicted octanol–water partition coefficient (Wildman–Crippen LogP) is 5.81. The number of ether oxygens (including phenoxy) is 1. The van der Waals surface area contributed by atoms with Crippen LogP contribution in [0.4, 0.5) is 0 Å². The van der Waals surface area contributed by atoms with Crippen molar-refractivity contribution in [2.45, 2.75) is 52.1 Å². The highest BCUT2D eigenvalue weighted by molar-refractivity contribution is 6.10. The topological polar surface area (TPSA) is 77.8 Å². The Bertz CT molecular complexity index is 1370. The number of pyridine rings is 2. The molecule has 1 N–H and O–H groups in total. The van der Waals surface area contributed by atoms with E-state index in [0.717, 1.165) is 65.5 Å². The first kappa shape index (κ1) is 22.4. The van der Waals surface area contributed by atoms with Crippen molar-refractivity contribution in [2.24, 2.45) is 0 Å². The van der Waals surface area contributed by atoms with E-state index in [1.165, 1.54) is 5.56 Å². The first-order valence-electron chi connectivity index (χ1n) is 12.1. The second kappa shape index (κ2) is 8.73. The minimum absolute atomic E-state index is 0.0772. The minimum atomic E-state index is 0.0772. The molecule has 0 radical (unpaired) electrons. The Morgan fingerprint density at radius 1 is 1.09 bits per heavy atom. The quantitative estimate of drug-likeness (QED) is 0.422. The molecule has 4 aromatic rings. The van der Waals surface area contributed by atoms with Gasteiger partial charge < -0.3 is 14.6 Å². The van der Waals surface area contributed by atoms with Gasteiger partial charge >= 0.3 is 0 Å². The predicted molar refractivity (Wildman–Crippen MR) is 136 cm³/mol. The van der Waals surface area contributed by atoms with Crippen molar-refractivity contribution in [3.63, 3.8) is 0 Å². The SMILES string of the molecule is CCN1CCC(Oc2c(C#N)ncc3[nH]c4ncc(-c5ccc(C(C)(C)C)cc5)cc4c23)CC1. The van der Waals surface area contributed by atoms with Crippen molar-refractivity contribution in [3.8, 4) is 22.9 Å². The molecule has 3 aromatic heterocycles. The van der Waals surface area contributed by atoms with E-state index in [-0.39, 0.29) is 11.5 Å². The van der Waals surface area contributed by atoms with Crippen molar-refractivity contribution < 1.29 is 4.74 Å². The Labute approximate surface area is 200 Å². The number of nitrogens with zero attached hydrogens (tertiary/aromatic N) is 4. The number of benzene rings is 1. The van der Waals surface area contributed by atoms with Gasteiger partial charge in [-0.3, -0.25) is 0 Å². The maximum atomic E-state index is 9.79. The number of aromatic nitrogens is 3. The summed E-state index contributed by atoms with van der Waals surface area (Å²) in [6.07, 6.45) is 5.57. The van der Waals surface area contributed by atoms with Crippen LogP contribution in [-0.2, 0) is 5.41 Å². The van der Waals surface area contributed by atoms with E-state index < -0.39 is 0 Å². The molecule has 0 spiro atoms. The highest BCUT2D eigenvalue weighted by Gasteiger charge is 2.24. The number of aromatic amines is 1. The molecule has 1 aromatic carbocycles. The van der Waals surface area contributed by atoms with Crippen LogP contribution in [0.5, 0.6) is 5.75 Å². The molecule has 4 heterocycles. The Kier molecular flexibility index (Phi) is 5.75. The molecule has 0 saturated carbocycles. The molecule has 5 rings (SSSR count). The molecule has 1 aliphatic heterocycles. The molecule has 0 bridgehead atoms. The number of rotatable bonds is 4. The van der Waals surface area contributed by atoms with Crippen LogP contribution in [0.1, 0.15) is 51.8 Å². The van der Waals surface area contributed by atoms with Gasteiger partial charge in [-0.15, -0.1) is 0 Å². The van der Waals surface area contributed by atoms with Crippen molar-refractivity contribution in [1.29, 1.82) is 5.26 Å². The second-order valence-electron chi connectivity index (χ2n) is 10.2. The van der Waals surface area contributed by atoms with E-state index in [1.54, 1.807) is 6.20 Å². The lowest BCUT2D eigenvalue weighted by Gasteiger charge is -2.31. The van der Waals surface area contributed by atoms with Crippen LogP contribution in [0.15, 0.2) is 42.7 Å². The summed E-state index contributed by atoms with van der Waals surface area (Å²) >= 11 is 0. The summed E-state index contributed by atoms with van der Waals surface area (Å²) < 4.78 is 6.49. The zero-order valence-corrected chi connectivity index (χ0v) is 20.4. The van der Waals surface area contributed by atoms with Gasteiger partial charge in [0.25, 0.3) is 0 Å². The smallest absolute Gasteiger partial charge is 0.183 e. The zero-order valence-electron chi connectivity index (χ0n) is 20.4. The van der Waals surface area contributed by atoms with Crippen molar-refractivity contribution in [3.05, 3.63) is 54.0 Å². The molecular formula is C28H31N5O. The molecule has 0 amide bonds. The average molecular weight is 454 g/mol. The van der Waals surface area contributed by atoms with Gasteiger partial charge in [-0.1, -0.05) is 52.0 Å². The Morgan fingerprint density at radius 2 is 1.82 bits per heavy atom. The standard InChI is InChI=1S/C28H31N5O/c1-5-33-12-10-21(11-13-33)34-26-23(15-29)30-17-24-25(26)22-14-19(16-31-27(22)32-24)18-6-8-20(9-7-18)28(2,3)4/h6-9,14,16-17,21H,5,10-13H2,1-4H3,(H,31,32). The summed E-state index contributed by atoms with van der Waals surface area (Å²) in [5, 5.41) is 11.6. The fourth-order valence-corrected chi connectivity index (χ4v) is 4.76. The number of hydrogen-bond donors (Lipinski definition) is 1. The molecule has 1 fully saturated rings. The molecule has 34 heavy (non-hydrogen) atoms. The van der Waals surface area contributed by atoms with Gasteiger partial charge in [0.15, 0.2) is 11.4 Å². The average Bonchev–Trinajstić information content (AvgIpc) is 3.22. The van der Waals surface area contributed by atoms with Gasteiger partial charge in [-0.25, -0.2) is 9.97 Å². The lowest BCUT2D eigenvalue weighted by atomic mass is 9.86. The number of H-pyrrole nitrogens is 1. The lowest BCUT2D eigenvalue weighted by Crippen LogP contribution is -2.38. The summed E-state index contributed by atoms with van der Waals surface area (Å²) in [5.74, 6) is 0.572. The monoisotopic (exact) mass is 453 g/mol. The third-order valence-electron chi connectivity index (χ3n) is 6.90. The van der Waals surface area contributed by atoms with E-state index >= 15 is 0 Å². The normalized spacial score (nSPS) is 15.6. The molecule has 174 valence electrons. The van der Waals surface area contributed by atoms with Crippen LogP contribution < -0.4 is 4.74 Å². The summed E-state index contributed by atoms with van der Waals surface area (Å²) in [5.41, 5.74) is 5.48. The maximum Gasteiger partial charge on any atom is 0.183 e. The fourth-order valence-electron chi connectivity index (χ4n) is 4.76. The Morgan fingerprint density at radius 3 is 2.47 bits per heavy atom.